The van der Waals surface area contributed by atoms with Crippen LogP contribution in [-0.4, -0.2) is 30.3 Å². The summed E-state index contributed by atoms with van der Waals surface area (Å²) >= 11 is 5.90. The van der Waals surface area contributed by atoms with E-state index in [1.165, 1.54) is 0 Å². The molecule has 0 aromatic heterocycles. The van der Waals surface area contributed by atoms with E-state index in [1.807, 2.05) is 49.4 Å². The van der Waals surface area contributed by atoms with Crippen LogP contribution in [0.5, 0.6) is 0 Å². The van der Waals surface area contributed by atoms with Crippen LogP contribution in [0.2, 0.25) is 5.02 Å². The Labute approximate surface area is 153 Å². The molecule has 2 rings (SSSR count). The maximum absolute atomic E-state index is 12.3. The predicted octanol–water partition coefficient (Wildman–Crippen LogP) is 4.07. The summed E-state index contributed by atoms with van der Waals surface area (Å²) in [5, 5.41) is 3.52. The number of carbonyl (C=O) groups excluding carboxylic acids is 2. The van der Waals surface area contributed by atoms with Crippen LogP contribution in [-0.2, 0) is 4.79 Å². The highest BCUT2D eigenvalue weighted by molar-refractivity contribution is 6.30. The molecule has 25 heavy (non-hydrogen) atoms. The second-order valence-corrected chi connectivity index (χ2v) is 6.39. The van der Waals surface area contributed by atoms with Gasteiger partial charge in [-0.05, 0) is 43.2 Å². The van der Waals surface area contributed by atoms with Gasteiger partial charge in [0.2, 0.25) is 5.91 Å². The molecule has 0 saturated heterocycles. The van der Waals surface area contributed by atoms with Crippen LogP contribution in [0.25, 0.3) is 0 Å². The van der Waals surface area contributed by atoms with Gasteiger partial charge in [-0.2, -0.15) is 0 Å². The highest BCUT2D eigenvalue weighted by Crippen LogP contribution is 2.21. The summed E-state index contributed by atoms with van der Waals surface area (Å²) in [6, 6.07) is 16.5. The Balaban J connectivity index is 1.76. The molecule has 5 heteroatoms. The Morgan fingerprint density at radius 1 is 1.08 bits per heavy atom. The van der Waals surface area contributed by atoms with Crippen LogP contribution in [0, 0.1) is 0 Å². The zero-order valence-corrected chi connectivity index (χ0v) is 15.3. The van der Waals surface area contributed by atoms with Crippen molar-refractivity contribution in [2.45, 2.75) is 25.8 Å². The summed E-state index contributed by atoms with van der Waals surface area (Å²) in [5.74, 6) is -0.0626. The average molecular weight is 359 g/mol. The van der Waals surface area contributed by atoms with E-state index in [-0.39, 0.29) is 17.9 Å². The molecule has 0 aliphatic carbocycles. The minimum Gasteiger partial charge on any atom is -0.352 e. The van der Waals surface area contributed by atoms with Gasteiger partial charge < -0.3 is 10.2 Å². The minimum absolute atomic E-state index is 0.0244. The quantitative estimate of drug-likeness (QED) is 0.758. The lowest BCUT2D eigenvalue weighted by Crippen LogP contribution is -2.31. The molecule has 4 nitrogen and oxygen atoms in total. The van der Waals surface area contributed by atoms with Crippen molar-refractivity contribution in [2.75, 3.05) is 13.6 Å². The number of amides is 2. The Morgan fingerprint density at radius 2 is 1.72 bits per heavy atom. The maximum Gasteiger partial charge on any atom is 0.251 e. The van der Waals surface area contributed by atoms with Crippen molar-refractivity contribution in [1.82, 2.24) is 10.2 Å². The molecule has 0 aliphatic rings. The maximum atomic E-state index is 12.3. The van der Waals surface area contributed by atoms with E-state index in [2.05, 4.69) is 5.32 Å². The van der Waals surface area contributed by atoms with E-state index in [4.69, 9.17) is 11.6 Å². The fourth-order valence-corrected chi connectivity index (χ4v) is 2.62. The molecule has 2 amide bonds. The predicted molar refractivity (Wildman–Crippen MR) is 101 cm³/mol. The van der Waals surface area contributed by atoms with Gasteiger partial charge in [-0.25, -0.2) is 0 Å². The molecule has 0 spiro atoms. The zero-order chi connectivity index (χ0) is 18.2. The third-order valence-electron chi connectivity index (χ3n) is 4.22. The first-order chi connectivity index (χ1) is 12.0. The van der Waals surface area contributed by atoms with Crippen molar-refractivity contribution in [3.05, 3.63) is 70.7 Å². The first-order valence-electron chi connectivity index (χ1n) is 8.33. The van der Waals surface area contributed by atoms with E-state index in [0.717, 1.165) is 5.56 Å². The minimum atomic E-state index is -0.115. The lowest BCUT2D eigenvalue weighted by atomic mass is 10.1. The number of rotatable bonds is 7. The van der Waals surface area contributed by atoms with Gasteiger partial charge in [0.1, 0.15) is 0 Å². The number of nitrogens with one attached hydrogen (secondary N) is 1. The van der Waals surface area contributed by atoms with Gasteiger partial charge in [0.25, 0.3) is 5.91 Å². The third kappa shape index (κ3) is 5.61. The van der Waals surface area contributed by atoms with Crippen LogP contribution in [0.1, 0.15) is 41.7 Å². The van der Waals surface area contributed by atoms with E-state index in [9.17, 15) is 9.59 Å². The monoisotopic (exact) mass is 358 g/mol. The topological polar surface area (TPSA) is 49.4 Å². The van der Waals surface area contributed by atoms with Gasteiger partial charge in [-0.1, -0.05) is 41.9 Å². The lowest BCUT2D eigenvalue weighted by Gasteiger charge is -2.25. The molecule has 0 saturated carbocycles. The average Bonchev–Trinajstić information content (AvgIpc) is 2.65. The first-order valence-corrected chi connectivity index (χ1v) is 8.71. The smallest absolute Gasteiger partial charge is 0.251 e. The van der Waals surface area contributed by atoms with Gasteiger partial charge >= 0.3 is 0 Å². The summed E-state index contributed by atoms with van der Waals surface area (Å²) in [6.45, 7) is 2.46. The molecule has 1 atom stereocenters. The van der Waals surface area contributed by atoms with E-state index in [1.54, 1.807) is 24.1 Å². The molecule has 0 heterocycles. The molecule has 0 radical (unpaired) electrons. The van der Waals surface area contributed by atoms with Gasteiger partial charge in [-0.3, -0.25) is 9.59 Å². The molecule has 132 valence electrons. The normalized spacial score (nSPS) is 11.6. The van der Waals surface area contributed by atoms with Crippen molar-refractivity contribution in [3.63, 3.8) is 0 Å². The van der Waals surface area contributed by atoms with Crippen molar-refractivity contribution in [1.29, 1.82) is 0 Å². The summed E-state index contributed by atoms with van der Waals surface area (Å²) in [6.07, 6.45) is 0.999. The fraction of sp³-hybridized carbons (Fsp3) is 0.300. The molecular weight excluding hydrogens is 336 g/mol. The number of benzene rings is 2. The Morgan fingerprint density at radius 3 is 2.36 bits per heavy atom. The number of nitrogens with zero attached hydrogens (tertiary/aromatic N) is 1. The molecule has 0 fully saturated rings. The number of halogens is 1. The number of hydrogen-bond acceptors (Lipinski definition) is 2. The summed E-state index contributed by atoms with van der Waals surface area (Å²) in [5.41, 5.74) is 1.67. The number of hydrogen-bond donors (Lipinski definition) is 1. The third-order valence-corrected chi connectivity index (χ3v) is 4.47. The van der Waals surface area contributed by atoms with Crippen molar-refractivity contribution >= 4 is 23.4 Å². The van der Waals surface area contributed by atoms with E-state index < -0.39 is 0 Å². The van der Waals surface area contributed by atoms with Crippen LogP contribution in [0.3, 0.4) is 0 Å². The summed E-state index contributed by atoms with van der Waals surface area (Å²) in [7, 11) is 1.80. The van der Waals surface area contributed by atoms with Crippen LogP contribution in [0.4, 0.5) is 0 Å². The number of carbonyl (C=O) groups is 2. The highest BCUT2D eigenvalue weighted by Gasteiger charge is 2.17. The first kappa shape index (κ1) is 19.0. The van der Waals surface area contributed by atoms with Crippen LogP contribution < -0.4 is 5.32 Å². The molecular formula is C20H23ClN2O2. The van der Waals surface area contributed by atoms with Crippen molar-refractivity contribution in [2.24, 2.45) is 0 Å². The molecule has 1 N–H and O–H groups in total. The Kier molecular flexibility index (Phi) is 7.02. The van der Waals surface area contributed by atoms with E-state index >= 15 is 0 Å². The largest absolute Gasteiger partial charge is 0.352 e. The molecule has 0 aliphatic heterocycles. The summed E-state index contributed by atoms with van der Waals surface area (Å²) in [4.78, 5) is 26.0. The molecule has 0 bridgehead atoms. The zero-order valence-electron chi connectivity index (χ0n) is 14.5. The second kappa shape index (κ2) is 9.23. The summed E-state index contributed by atoms with van der Waals surface area (Å²) < 4.78 is 0. The van der Waals surface area contributed by atoms with Gasteiger partial charge in [0.15, 0.2) is 0 Å². The highest BCUT2D eigenvalue weighted by atomic mass is 35.5. The van der Waals surface area contributed by atoms with Gasteiger partial charge in [-0.15, -0.1) is 0 Å². The van der Waals surface area contributed by atoms with Gasteiger partial charge in [0, 0.05) is 30.6 Å². The Hall–Kier alpha value is -2.33. The van der Waals surface area contributed by atoms with Crippen molar-refractivity contribution < 1.29 is 9.59 Å². The van der Waals surface area contributed by atoms with Crippen LogP contribution in [0.15, 0.2) is 54.6 Å². The van der Waals surface area contributed by atoms with Gasteiger partial charge in [0.05, 0.1) is 6.04 Å². The molecule has 1 unspecified atom stereocenters. The second-order valence-electron chi connectivity index (χ2n) is 5.96. The standard InChI is InChI=1S/C20H23ClN2O2/c1-15(16-10-12-18(21)13-11-16)23(2)19(24)9-6-14-22-20(25)17-7-4-3-5-8-17/h3-5,7-8,10-13,15H,6,9,14H2,1-2H3,(H,22,25). The van der Waals surface area contributed by atoms with Crippen molar-refractivity contribution in [3.8, 4) is 0 Å². The van der Waals surface area contributed by atoms with E-state index in [0.29, 0.717) is 30.0 Å². The SMILES string of the molecule is CC(c1ccc(Cl)cc1)N(C)C(=O)CCCNC(=O)c1ccccc1. The molecule has 2 aromatic rings. The Bertz CT molecular complexity index is 701. The van der Waals surface area contributed by atoms with Crippen LogP contribution >= 0.6 is 11.6 Å². The molecule has 2 aromatic carbocycles. The fourth-order valence-electron chi connectivity index (χ4n) is 2.49. The lowest BCUT2D eigenvalue weighted by molar-refractivity contribution is -0.131.